The van der Waals surface area contributed by atoms with Crippen LogP contribution in [0.1, 0.15) is 23.3 Å². The molecule has 138 valence electrons. The van der Waals surface area contributed by atoms with E-state index in [2.05, 4.69) is 5.32 Å². The van der Waals surface area contributed by atoms with E-state index in [4.69, 9.17) is 0 Å². The normalized spacial score (nSPS) is 11.7. The molecule has 1 unspecified atom stereocenters. The van der Waals surface area contributed by atoms with Gasteiger partial charge in [0, 0.05) is 22.6 Å². The summed E-state index contributed by atoms with van der Waals surface area (Å²) in [5.74, 6) is 0.0119. The number of phenols is 1. The quantitative estimate of drug-likeness (QED) is 0.262. The van der Waals surface area contributed by atoms with Gasteiger partial charge in [-0.25, -0.2) is 0 Å². The van der Waals surface area contributed by atoms with Crippen LogP contribution in [0.4, 0.5) is 5.69 Å². The number of phenolic OH excluding ortho intramolecular Hbond substituents is 1. The third-order valence-electron chi connectivity index (χ3n) is 4.11. The third-order valence-corrected chi connectivity index (χ3v) is 5.40. The molecule has 0 spiro atoms. The van der Waals surface area contributed by atoms with Crippen molar-refractivity contribution in [3.05, 3.63) is 84.1 Å². The first kappa shape index (κ1) is 18.8. The Bertz CT molecular complexity index is 932. The number of benzene rings is 2. The second-order valence-corrected chi connectivity index (χ2v) is 7.10. The number of aryl methyl sites for hydroxylation is 1. The summed E-state index contributed by atoms with van der Waals surface area (Å²) in [6.07, 6.45) is 2.19. The zero-order chi connectivity index (χ0) is 19.2. The van der Waals surface area contributed by atoms with Crippen molar-refractivity contribution in [2.24, 2.45) is 0 Å². The van der Waals surface area contributed by atoms with E-state index in [0.29, 0.717) is 17.1 Å². The van der Waals surface area contributed by atoms with E-state index >= 15 is 0 Å². The van der Waals surface area contributed by atoms with Crippen molar-refractivity contribution < 1.29 is 19.8 Å². The maximum Gasteiger partial charge on any atom is 0.292 e. The summed E-state index contributed by atoms with van der Waals surface area (Å²) in [6.45, 7) is 1.94. The standard InChI is InChI=1S/C21H20N2O3S/c1-2-15-14-17(11-12-18(15)24)22-21(25)20(16-8-4-3-5-9-16)27-19-10-6-7-13-23(19)26/h3-14,20H,2H2,1H3,(H2-,22,24,25,26)/p+1. The van der Waals surface area contributed by atoms with E-state index in [1.54, 1.807) is 30.3 Å². The highest BCUT2D eigenvalue weighted by Gasteiger charge is 2.26. The van der Waals surface area contributed by atoms with Gasteiger partial charge >= 0.3 is 0 Å². The SMILES string of the molecule is CCc1cc(NC(=O)C(Sc2cccc[n+]2O)c2ccccc2)ccc1O. The Balaban J connectivity index is 1.88. The van der Waals surface area contributed by atoms with Crippen LogP contribution in [0.2, 0.25) is 0 Å². The van der Waals surface area contributed by atoms with Gasteiger partial charge in [0.1, 0.15) is 11.0 Å². The van der Waals surface area contributed by atoms with E-state index in [1.165, 1.54) is 18.0 Å². The molecular weight excluding hydrogens is 360 g/mol. The minimum Gasteiger partial charge on any atom is -0.508 e. The molecule has 1 amide bonds. The summed E-state index contributed by atoms with van der Waals surface area (Å²) in [6, 6.07) is 19.7. The van der Waals surface area contributed by atoms with Crippen LogP contribution in [-0.2, 0) is 11.2 Å². The van der Waals surface area contributed by atoms with Gasteiger partial charge in [-0.2, -0.15) is 0 Å². The topological polar surface area (TPSA) is 73.4 Å². The van der Waals surface area contributed by atoms with Gasteiger partial charge < -0.3 is 10.4 Å². The molecule has 5 nitrogen and oxygen atoms in total. The Labute approximate surface area is 162 Å². The fourth-order valence-corrected chi connectivity index (χ4v) is 3.71. The molecule has 0 saturated carbocycles. The summed E-state index contributed by atoms with van der Waals surface area (Å²) in [7, 11) is 0. The lowest BCUT2D eigenvalue weighted by Crippen LogP contribution is -2.32. The summed E-state index contributed by atoms with van der Waals surface area (Å²) in [5.41, 5.74) is 2.23. The number of carbonyl (C=O) groups excluding carboxylic acids is 1. The Kier molecular flexibility index (Phi) is 5.98. The molecule has 0 radical (unpaired) electrons. The van der Waals surface area contributed by atoms with E-state index in [1.807, 2.05) is 43.3 Å². The first-order chi connectivity index (χ1) is 13.1. The Morgan fingerprint density at radius 1 is 1.11 bits per heavy atom. The molecule has 3 aromatic rings. The molecular formula is C21H21N2O3S+. The van der Waals surface area contributed by atoms with Crippen LogP contribution in [0.15, 0.2) is 78.0 Å². The van der Waals surface area contributed by atoms with Gasteiger partial charge in [-0.05, 0) is 53.6 Å². The van der Waals surface area contributed by atoms with Gasteiger partial charge in [0.15, 0.2) is 0 Å². The van der Waals surface area contributed by atoms with Crippen molar-refractivity contribution >= 4 is 23.4 Å². The number of aromatic nitrogens is 1. The molecule has 1 aromatic heterocycles. The van der Waals surface area contributed by atoms with Crippen LogP contribution < -0.4 is 10.0 Å². The van der Waals surface area contributed by atoms with Gasteiger partial charge in [-0.3, -0.25) is 10.0 Å². The van der Waals surface area contributed by atoms with E-state index in [0.717, 1.165) is 15.9 Å². The van der Waals surface area contributed by atoms with Gasteiger partial charge in [0.2, 0.25) is 12.1 Å². The fourth-order valence-electron chi connectivity index (χ4n) is 2.69. The van der Waals surface area contributed by atoms with Crippen molar-refractivity contribution in [3.8, 4) is 5.75 Å². The maximum absolute atomic E-state index is 13.0. The second-order valence-electron chi connectivity index (χ2n) is 5.98. The lowest BCUT2D eigenvalue weighted by atomic mass is 10.1. The molecule has 0 bridgehead atoms. The van der Waals surface area contributed by atoms with E-state index in [9.17, 15) is 15.1 Å². The highest BCUT2D eigenvalue weighted by molar-refractivity contribution is 8.00. The number of nitrogens with one attached hydrogen (secondary N) is 1. The number of pyridine rings is 1. The smallest absolute Gasteiger partial charge is 0.292 e. The lowest BCUT2D eigenvalue weighted by Gasteiger charge is -2.16. The number of rotatable bonds is 6. The molecule has 0 aliphatic heterocycles. The molecule has 3 N–H and O–H groups in total. The molecule has 2 aromatic carbocycles. The van der Waals surface area contributed by atoms with Crippen molar-refractivity contribution in [2.75, 3.05) is 5.32 Å². The number of anilines is 1. The highest BCUT2D eigenvalue weighted by atomic mass is 32.2. The number of aromatic hydroxyl groups is 1. The predicted octanol–water partition coefficient (Wildman–Crippen LogP) is 3.95. The molecule has 6 heteroatoms. The summed E-state index contributed by atoms with van der Waals surface area (Å²) in [5, 5.41) is 22.8. The molecule has 0 fully saturated rings. The molecule has 0 aliphatic carbocycles. The number of carbonyl (C=O) groups is 1. The predicted molar refractivity (Wildman–Crippen MR) is 105 cm³/mol. The average molecular weight is 381 g/mol. The van der Waals surface area contributed by atoms with E-state index < -0.39 is 5.25 Å². The molecule has 0 aliphatic rings. The fraction of sp³-hybridized carbons (Fsp3) is 0.143. The summed E-state index contributed by atoms with van der Waals surface area (Å²) < 4.78 is 1.00. The summed E-state index contributed by atoms with van der Waals surface area (Å²) >= 11 is 1.26. The number of amides is 1. The minimum atomic E-state index is -0.550. The van der Waals surface area contributed by atoms with Crippen LogP contribution in [0, 0.1) is 0 Å². The Morgan fingerprint density at radius 2 is 1.85 bits per heavy atom. The largest absolute Gasteiger partial charge is 0.508 e. The number of hydrogen-bond donors (Lipinski definition) is 3. The van der Waals surface area contributed by atoms with Crippen molar-refractivity contribution in [2.45, 2.75) is 23.6 Å². The number of thioether (sulfide) groups is 1. The average Bonchev–Trinajstić information content (AvgIpc) is 2.69. The molecule has 27 heavy (non-hydrogen) atoms. The van der Waals surface area contributed by atoms with Crippen LogP contribution in [-0.4, -0.2) is 16.2 Å². The van der Waals surface area contributed by atoms with Crippen molar-refractivity contribution in [1.29, 1.82) is 0 Å². The van der Waals surface area contributed by atoms with Crippen LogP contribution in [0.25, 0.3) is 0 Å². The zero-order valence-electron chi connectivity index (χ0n) is 14.9. The van der Waals surface area contributed by atoms with Gasteiger partial charge in [-0.1, -0.05) is 37.3 Å². The third kappa shape index (κ3) is 4.60. The highest BCUT2D eigenvalue weighted by Crippen LogP contribution is 2.34. The van der Waals surface area contributed by atoms with E-state index in [-0.39, 0.29) is 11.7 Å². The Morgan fingerprint density at radius 3 is 2.56 bits per heavy atom. The van der Waals surface area contributed by atoms with Crippen molar-refractivity contribution in [3.63, 3.8) is 0 Å². The molecule has 0 saturated heterocycles. The van der Waals surface area contributed by atoms with Crippen LogP contribution in [0.5, 0.6) is 5.75 Å². The minimum absolute atomic E-state index is 0.206. The van der Waals surface area contributed by atoms with Crippen LogP contribution in [0.3, 0.4) is 0 Å². The zero-order valence-corrected chi connectivity index (χ0v) is 15.7. The second kappa shape index (κ2) is 8.60. The van der Waals surface area contributed by atoms with Crippen LogP contribution >= 0.6 is 11.8 Å². The monoisotopic (exact) mass is 381 g/mol. The first-order valence-electron chi connectivity index (χ1n) is 8.62. The van der Waals surface area contributed by atoms with Gasteiger partial charge in [-0.15, -0.1) is 0 Å². The maximum atomic E-state index is 13.0. The molecule has 3 rings (SSSR count). The first-order valence-corrected chi connectivity index (χ1v) is 9.50. The summed E-state index contributed by atoms with van der Waals surface area (Å²) in [4.78, 5) is 13.0. The lowest BCUT2D eigenvalue weighted by molar-refractivity contribution is -0.932. The van der Waals surface area contributed by atoms with Crippen molar-refractivity contribution in [1.82, 2.24) is 0 Å². The number of hydrogen-bond acceptors (Lipinski definition) is 4. The molecule has 1 atom stereocenters. The van der Waals surface area contributed by atoms with Gasteiger partial charge in [0.25, 0.3) is 5.03 Å². The Hall–Kier alpha value is -2.99. The number of nitrogens with zero attached hydrogens (tertiary/aromatic N) is 1. The van der Waals surface area contributed by atoms with Gasteiger partial charge in [0.05, 0.1) is 0 Å². The molecule has 1 heterocycles.